The summed E-state index contributed by atoms with van der Waals surface area (Å²) in [4.78, 5) is 14.4. The van der Waals surface area contributed by atoms with E-state index in [4.69, 9.17) is 4.74 Å². The number of carbonyl (C=O) groups excluding carboxylic acids is 1. The minimum atomic E-state index is -3.13. The SMILES string of the molecule is CN1CCOC(CCNC(=O)C2CCN(S(C)(=O)=O)CC2)C1. The van der Waals surface area contributed by atoms with Gasteiger partial charge in [0, 0.05) is 38.6 Å². The van der Waals surface area contributed by atoms with Crippen molar-refractivity contribution in [2.45, 2.75) is 25.4 Å². The van der Waals surface area contributed by atoms with Crippen LogP contribution < -0.4 is 5.32 Å². The van der Waals surface area contributed by atoms with E-state index in [0.29, 0.717) is 32.5 Å². The summed E-state index contributed by atoms with van der Waals surface area (Å²) in [6.07, 6.45) is 3.42. The van der Waals surface area contributed by atoms with Gasteiger partial charge in [0.1, 0.15) is 0 Å². The fraction of sp³-hybridized carbons (Fsp3) is 0.929. The van der Waals surface area contributed by atoms with Gasteiger partial charge in [0.15, 0.2) is 0 Å². The van der Waals surface area contributed by atoms with E-state index in [0.717, 1.165) is 26.1 Å². The number of rotatable bonds is 5. The Morgan fingerprint density at radius 2 is 1.95 bits per heavy atom. The Kier molecular flexibility index (Phi) is 6.19. The fourth-order valence-electron chi connectivity index (χ4n) is 2.99. The van der Waals surface area contributed by atoms with E-state index in [1.165, 1.54) is 10.6 Å². The minimum absolute atomic E-state index is 0.0392. The molecule has 2 aliphatic rings. The molecule has 0 spiro atoms. The van der Waals surface area contributed by atoms with Gasteiger partial charge in [-0.1, -0.05) is 0 Å². The standard InChI is InChI=1S/C14H27N3O4S/c1-16-9-10-21-13(11-16)3-6-15-14(18)12-4-7-17(8-5-12)22(2,19)20/h12-13H,3-11H2,1-2H3,(H,15,18). The molecule has 128 valence electrons. The molecular formula is C14H27N3O4S. The number of ether oxygens (including phenoxy) is 1. The number of nitrogens with one attached hydrogen (secondary N) is 1. The van der Waals surface area contributed by atoms with Gasteiger partial charge in [-0.3, -0.25) is 4.79 Å². The zero-order chi connectivity index (χ0) is 16.2. The summed E-state index contributed by atoms with van der Waals surface area (Å²) < 4.78 is 30.0. The van der Waals surface area contributed by atoms with Gasteiger partial charge in [-0.15, -0.1) is 0 Å². The second-order valence-corrected chi connectivity index (χ2v) is 8.25. The zero-order valence-electron chi connectivity index (χ0n) is 13.5. The number of nitrogens with zero attached hydrogens (tertiary/aromatic N) is 2. The van der Waals surface area contributed by atoms with Crippen molar-refractivity contribution < 1.29 is 17.9 Å². The third-order valence-electron chi connectivity index (χ3n) is 4.40. The van der Waals surface area contributed by atoms with Gasteiger partial charge in [0.25, 0.3) is 0 Å². The van der Waals surface area contributed by atoms with Crippen LogP contribution in [0.15, 0.2) is 0 Å². The highest BCUT2D eigenvalue weighted by molar-refractivity contribution is 7.88. The molecule has 0 aromatic carbocycles. The van der Waals surface area contributed by atoms with Crippen LogP contribution in [0.5, 0.6) is 0 Å². The van der Waals surface area contributed by atoms with Crippen molar-refractivity contribution in [2.75, 3.05) is 52.6 Å². The van der Waals surface area contributed by atoms with Crippen LogP contribution in [0, 0.1) is 5.92 Å². The van der Waals surface area contributed by atoms with E-state index in [-0.39, 0.29) is 17.9 Å². The normalized spacial score (nSPS) is 26.0. The average molecular weight is 333 g/mol. The molecule has 0 bridgehead atoms. The van der Waals surface area contributed by atoms with Gasteiger partial charge in [-0.25, -0.2) is 12.7 Å². The lowest BCUT2D eigenvalue weighted by atomic mass is 9.97. The molecule has 2 aliphatic heterocycles. The van der Waals surface area contributed by atoms with E-state index >= 15 is 0 Å². The average Bonchev–Trinajstić information content (AvgIpc) is 2.46. The number of morpholine rings is 1. The predicted molar refractivity (Wildman–Crippen MR) is 84.0 cm³/mol. The molecule has 2 fully saturated rings. The summed E-state index contributed by atoms with van der Waals surface area (Å²) in [7, 11) is -1.06. The van der Waals surface area contributed by atoms with Crippen molar-refractivity contribution in [3.8, 4) is 0 Å². The second kappa shape index (κ2) is 7.72. The minimum Gasteiger partial charge on any atom is -0.375 e. The first kappa shape index (κ1) is 17.7. The highest BCUT2D eigenvalue weighted by Gasteiger charge is 2.28. The Labute approximate surface area is 133 Å². The lowest BCUT2D eigenvalue weighted by Gasteiger charge is -2.31. The summed E-state index contributed by atoms with van der Waals surface area (Å²) in [5.41, 5.74) is 0. The number of amides is 1. The monoisotopic (exact) mass is 333 g/mol. The lowest BCUT2D eigenvalue weighted by molar-refractivity contribution is -0.126. The molecular weight excluding hydrogens is 306 g/mol. The van der Waals surface area contributed by atoms with Gasteiger partial charge in [-0.2, -0.15) is 0 Å². The summed E-state index contributed by atoms with van der Waals surface area (Å²) >= 11 is 0. The molecule has 1 unspecified atom stereocenters. The van der Waals surface area contributed by atoms with Gasteiger partial charge >= 0.3 is 0 Å². The molecule has 0 aromatic rings. The molecule has 1 atom stereocenters. The largest absolute Gasteiger partial charge is 0.375 e. The number of carbonyl (C=O) groups is 1. The van der Waals surface area contributed by atoms with Crippen LogP contribution in [0.3, 0.4) is 0 Å². The number of likely N-dealkylation sites (N-methyl/N-ethyl adjacent to an activating group) is 1. The van der Waals surface area contributed by atoms with E-state index in [1.807, 2.05) is 0 Å². The van der Waals surface area contributed by atoms with Gasteiger partial charge in [-0.05, 0) is 26.3 Å². The summed E-state index contributed by atoms with van der Waals surface area (Å²) in [5, 5.41) is 2.96. The number of piperidine rings is 1. The lowest BCUT2D eigenvalue weighted by Crippen LogP contribution is -2.44. The molecule has 22 heavy (non-hydrogen) atoms. The Morgan fingerprint density at radius 1 is 1.27 bits per heavy atom. The predicted octanol–water partition coefficient (Wildman–Crippen LogP) is -0.505. The maximum absolute atomic E-state index is 12.1. The quantitative estimate of drug-likeness (QED) is 0.733. The molecule has 0 aromatic heterocycles. The smallest absolute Gasteiger partial charge is 0.223 e. The Balaban J connectivity index is 1.66. The highest BCUT2D eigenvalue weighted by atomic mass is 32.2. The van der Waals surface area contributed by atoms with Crippen LogP contribution >= 0.6 is 0 Å². The van der Waals surface area contributed by atoms with Crippen LogP contribution in [0.1, 0.15) is 19.3 Å². The summed E-state index contributed by atoms with van der Waals surface area (Å²) in [5.74, 6) is -0.0368. The van der Waals surface area contributed by atoms with Crippen molar-refractivity contribution in [3.05, 3.63) is 0 Å². The van der Waals surface area contributed by atoms with E-state index in [1.54, 1.807) is 0 Å². The number of sulfonamides is 1. The topological polar surface area (TPSA) is 79.0 Å². The van der Waals surface area contributed by atoms with Crippen LogP contribution in [0.25, 0.3) is 0 Å². The molecule has 1 amide bonds. The maximum atomic E-state index is 12.1. The van der Waals surface area contributed by atoms with Crippen LogP contribution in [0.4, 0.5) is 0 Å². The molecule has 2 heterocycles. The van der Waals surface area contributed by atoms with Crippen LogP contribution in [-0.2, 0) is 19.6 Å². The molecule has 0 aliphatic carbocycles. The van der Waals surface area contributed by atoms with Crippen molar-refractivity contribution >= 4 is 15.9 Å². The molecule has 2 rings (SSSR count). The first-order chi connectivity index (χ1) is 10.4. The number of hydrogen-bond donors (Lipinski definition) is 1. The summed E-state index contributed by atoms with van der Waals surface area (Å²) in [6.45, 7) is 4.11. The van der Waals surface area contributed by atoms with Gasteiger partial charge in [0.05, 0.1) is 19.0 Å². The summed E-state index contributed by atoms with van der Waals surface area (Å²) in [6, 6.07) is 0. The first-order valence-electron chi connectivity index (χ1n) is 7.89. The van der Waals surface area contributed by atoms with Crippen molar-refractivity contribution in [1.29, 1.82) is 0 Å². The van der Waals surface area contributed by atoms with E-state index in [2.05, 4.69) is 17.3 Å². The van der Waals surface area contributed by atoms with Crippen molar-refractivity contribution in [2.24, 2.45) is 5.92 Å². The second-order valence-electron chi connectivity index (χ2n) is 6.27. The van der Waals surface area contributed by atoms with Crippen molar-refractivity contribution in [1.82, 2.24) is 14.5 Å². The maximum Gasteiger partial charge on any atom is 0.223 e. The van der Waals surface area contributed by atoms with Crippen molar-refractivity contribution in [3.63, 3.8) is 0 Å². The Bertz CT molecular complexity index is 474. The van der Waals surface area contributed by atoms with Crippen LogP contribution in [0.2, 0.25) is 0 Å². The first-order valence-corrected chi connectivity index (χ1v) is 9.74. The third kappa shape index (κ3) is 5.19. The Hall–Kier alpha value is -0.700. The molecule has 1 N–H and O–H groups in total. The van der Waals surface area contributed by atoms with Crippen LogP contribution in [-0.4, -0.2) is 82.3 Å². The van der Waals surface area contributed by atoms with Gasteiger partial charge < -0.3 is 15.0 Å². The highest BCUT2D eigenvalue weighted by Crippen LogP contribution is 2.19. The molecule has 8 heteroatoms. The number of hydrogen-bond acceptors (Lipinski definition) is 5. The van der Waals surface area contributed by atoms with E-state index in [9.17, 15) is 13.2 Å². The molecule has 7 nitrogen and oxygen atoms in total. The molecule has 2 saturated heterocycles. The Morgan fingerprint density at radius 3 is 2.55 bits per heavy atom. The third-order valence-corrected chi connectivity index (χ3v) is 5.70. The van der Waals surface area contributed by atoms with E-state index < -0.39 is 10.0 Å². The zero-order valence-corrected chi connectivity index (χ0v) is 14.3. The fourth-order valence-corrected chi connectivity index (χ4v) is 3.87. The molecule has 0 saturated carbocycles. The van der Waals surface area contributed by atoms with Gasteiger partial charge in [0.2, 0.25) is 15.9 Å². The molecule has 0 radical (unpaired) electrons.